The Kier molecular flexibility index (Phi) is 7.85. The molecule has 1 aliphatic rings. The third-order valence-electron chi connectivity index (χ3n) is 5.85. The van der Waals surface area contributed by atoms with Crippen LogP contribution in [-0.2, 0) is 4.79 Å². The molecular formula is C27H29N3O2S2. The summed E-state index contributed by atoms with van der Waals surface area (Å²) < 4.78 is 7.87. The molecule has 0 N–H and O–H groups in total. The van der Waals surface area contributed by atoms with E-state index in [9.17, 15) is 4.79 Å². The molecule has 1 amide bonds. The number of hydrogen-bond donors (Lipinski definition) is 0. The minimum atomic E-state index is -0.0173. The van der Waals surface area contributed by atoms with Crippen LogP contribution in [0.2, 0.25) is 0 Å². The summed E-state index contributed by atoms with van der Waals surface area (Å²) in [6, 6.07) is 15.9. The van der Waals surface area contributed by atoms with Crippen LogP contribution in [0.5, 0.6) is 5.75 Å². The van der Waals surface area contributed by atoms with E-state index in [0.717, 1.165) is 53.1 Å². The molecule has 176 valence electrons. The van der Waals surface area contributed by atoms with Crippen molar-refractivity contribution in [2.45, 2.75) is 39.5 Å². The Bertz CT molecular complexity index is 1220. The molecule has 0 saturated carbocycles. The van der Waals surface area contributed by atoms with Gasteiger partial charge in [-0.2, -0.15) is 5.10 Å². The van der Waals surface area contributed by atoms with Gasteiger partial charge in [-0.15, -0.1) is 0 Å². The number of thioether (sulfide) groups is 1. The van der Waals surface area contributed by atoms with Crippen LogP contribution in [0.15, 0.2) is 59.6 Å². The predicted molar refractivity (Wildman–Crippen MR) is 144 cm³/mol. The summed E-state index contributed by atoms with van der Waals surface area (Å²) in [5.41, 5.74) is 4.70. The number of thiocarbonyl (C=S) groups is 1. The van der Waals surface area contributed by atoms with E-state index in [4.69, 9.17) is 22.1 Å². The van der Waals surface area contributed by atoms with Crippen LogP contribution in [0, 0.1) is 6.92 Å². The van der Waals surface area contributed by atoms with Crippen molar-refractivity contribution in [3.8, 4) is 22.7 Å². The lowest BCUT2D eigenvalue weighted by atomic mass is 10.0. The first-order valence-electron chi connectivity index (χ1n) is 11.6. The number of unbranched alkanes of at least 4 members (excludes halogenated alkanes) is 3. The number of amides is 1. The number of benzene rings is 2. The number of nitrogens with zero attached hydrogens (tertiary/aromatic N) is 3. The van der Waals surface area contributed by atoms with Crippen molar-refractivity contribution in [3.63, 3.8) is 0 Å². The number of carbonyl (C=O) groups excluding carboxylic acids is 1. The van der Waals surface area contributed by atoms with Crippen molar-refractivity contribution in [2.75, 3.05) is 13.7 Å². The third-order valence-corrected chi connectivity index (χ3v) is 7.23. The second-order valence-corrected chi connectivity index (χ2v) is 9.96. The molecule has 0 unspecified atom stereocenters. The summed E-state index contributed by atoms with van der Waals surface area (Å²) in [6.07, 6.45) is 8.32. The van der Waals surface area contributed by atoms with Crippen molar-refractivity contribution in [1.29, 1.82) is 0 Å². The van der Waals surface area contributed by atoms with Gasteiger partial charge in [-0.3, -0.25) is 9.69 Å². The van der Waals surface area contributed by atoms with Gasteiger partial charge in [0, 0.05) is 23.9 Å². The maximum absolute atomic E-state index is 13.2. The zero-order chi connectivity index (χ0) is 24.1. The Labute approximate surface area is 210 Å². The number of hydrogen-bond acceptors (Lipinski definition) is 5. The first-order valence-corrected chi connectivity index (χ1v) is 12.8. The average molecular weight is 492 g/mol. The van der Waals surface area contributed by atoms with Crippen molar-refractivity contribution in [1.82, 2.24) is 14.7 Å². The molecule has 0 aliphatic carbocycles. The number of rotatable bonds is 9. The van der Waals surface area contributed by atoms with E-state index < -0.39 is 0 Å². The minimum absolute atomic E-state index is 0.0173. The lowest BCUT2D eigenvalue weighted by molar-refractivity contribution is -0.122. The first kappa shape index (κ1) is 24.2. The van der Waals surface area contributed by atoms with Gasteiger partial charge in [0.2, 0.25) is 0 Å². The van der Waals surface area contributed by atoms with E-state index in [1.165, 1.54) is 18.2 Å². The molecule has 0 spiro atoms. The van der Waals surface area contributed by atoms with E-state index in [1.54, 1.807) is 12.0 Å². The van der Waals surface area contributed by atoms with E-state index >= 15 is 0 Å². The fraction of sp³-hybridized carbons (Fsp3) is 0.296. The van der Waals surface area contributed by atoms with Crippen molar-refractivity contribution < 1.29 is 9.53 Å². The highest BCUT2D eigenvalue weighted by Gasteiger charge is 2.32. The van der Waals surface area contributed by atoms with Gasteiger partial charge in [0.05, 0.1) is 17.7 Å². The monoisotopic (exact) mass is 491 g/mol. The number of ether oxygens (including phenoxy) is 1. The van der Waals surface area contributed by atoms with Crippen LogP contribution in [0.3, 0.4) is 0 Å². The van der Waals surface area contributed by atoms with Crippen molar-refractivity contribution in [2.24, 2.45) is 0 Å². The van der Waals surface area contributed by atoms with Gasteiger partial charge < -0.3 is 4.74 Å². The van der Waals surface area contributed by atoms with E-state index in [2.05, 4.69) is 6.92 Å². The molecule has 2 heterocycles. The summed E-state index contributed by atoms with van der Waals surface area (Å²) in [5.74, 6) is 0.783. The highest BCUT2D eigenvalue weighted by Crippen LogP contribution is 2.36. The number of aromatic nitrogens is 2. The molecule has 2 aromatic carbocycles. The van der Waals surface area contributed by atoms with Gasteiger partial charge in [0.1, 0.15) is 15.8 Å². The molecule has 5 nitrogen and oxygen atoms in total. The number of para-hydroxylation sites is 1. The van der Waals surface area contributed by atoms with Crippen LogP contribution in [0.4, 0.5) is 0 Å². The van der Waals surface area contributed by atoms with E-state index in [0.29, 0.717) is 15.8 Å². The smallest absolute Gasteiger partial charge is 0.266 e. The van der Waals surface area contributed by atoms with Crippen LogP contribution < -0.4 is 4.74 Å². The summed E-state index contributed by atoms with van der Waals surface area (Å²) in [7, 11) is 1.66. The van der Waals surface area contributed by atoms with Crippen LogP contribution in [0.25, 0.3) is 23.0 Å². The van der Waals surface area contributed by atoms with Crippen LogP contribution in [-0.4, -0.2) is 38.6 Å². The lowest BCUT2D eigenvalue weighted by Crippen LogP contribution is -2.29. The van der Waals surface area contributed by atoms with Crippen LogP contribution in [0.1, 0.15) is 43.7 Å². The normalized spacial score (nSPS) is 14.9. The van der Waals surface area contributed by atoms with Gasteiger partial charge in [0.25, 0.3) is 5.91 Å². The number of aryl methyl sites for hydroxylation is 1. The van der Waals surface area contributed by atoms with Crippen molar-refractivity contribution >= 4 is 40.3 Å². The first-order chi connectivity index (χ1) is 16.5. The minimum Gasteiger partial charge on any atom is -0.497 e. The molecular weight excluding hydrogens is 462 g/mol. The Hall–Kier alpha value is -2.90. The van der Waals surface area contributed by atoms with Gasteiger partial charge in [-0.1, -0.05) is 68.4 Å². The highest BCUT2D eigenvalue weighted by molar-refractivity contribution is 8.26. The standard InChI is InChI=1S/C27H29N3O2S2/c1-4-5-6-10-15-29-26(31)24(34-27(29)33)17-20-18-30(21-11-8-7-9-12-21)28-25(20)23-14-13-22(32-3)16-19(23)2/h7-9,11-14,16-18H,4-6,10,15H2,1-3H3/b24-17-. The molecule has 7 heteroatoms. The molecule has 0 radical (unpaired) electrons. The van der Waals surface area contributed by atoms with E-state index in [-0.39, 0.29) is 5.91 Å². The molecule has 1 aliphatic heterocycles. The molecule has 3 aromatic rings. The zero-order valence-corrected chi connectivity index (χ0v) is 21.4. The summed E-state index contributed by atoms with van der Waals surface area (Å²) in [6.45, 7) is 4.90. The summed E-state index contributed by atoms with van der Waals surface area (Å²) in [4.78, 5) is 15.5. The van der Waals surface area contributed by atoms with Gasteiger partial charge >= 0.3 is 0 Å². The summed E-state index contributed by atoms with van der Waals surface area (Å²) >= 11 is 6.91. The maximum atomic E-state index is 13.2. The van der Waals surface area contributed by atoms with Gasteiger partial charge in [0.15, 0.2) is 0 Å². The molecule has 4 rings (SSSR count). The molecule has 1 saturated heterocycles. The second-order valence-electron chi connectivity index (χ2n) is 8.29. The van der Waals surface area contributed by atoms with Gasteiger partial charge in [-0.05, 0) is 55.3 Å². The van der Waals surface area contributed by atoms with Crippen molar-refractivity contribution in [3.05, 3.63) is 70.8 Å². The SMILES string of the molecule is CCCCCCN1C(=O)/C(=C/c2cn(-c3ccccc3)nc2-c2ccc(OC)cc2C)SC1=S. The number of carbonyl (C=O) groups is 1. The Balaban J connectivity index is 1.71. The fourth-order valence-corrected chi connectivity index (χ4v) is 5.27. The Morgan fingerprint density at radius 1 is 1.12 bits per heavy atom. The molecule has 1 fully saturated rings. The van der Waals surface area contributed by atoms with E-state index in [1.807, 2.05) is 72.4 Å². The third kappa shape index (κ3) is 5.26. The molecule has 34 heavy (non-hydrogen) atoms. The Morgan fingerprint density at radius 2 is 1.91 bits per heavy atom. The highest BCUT2D eigenvalue weighted by atomic mass is 32.2. The van der Waals surface area contributed by atoms with Gasteiger partial charge in [-0.25, -0.2) is 4.68 Å². The molecule has 0 atom stereocenters. The fourth-order valence-electron chi connectivity index (χ4n) is 3.97. The maximum Gasteiger partial charge on any atom is 0.266 e. The Morgan fingerprint density at radius 3 is 2.62 bits per heavy atom. The predicted octanol–water partition coefficient (Wildman–Crippen LogP) is 6.64. The molecule has 0 bridgehead atoms. The number of methoxy groups -OCH3 is 1. The topological polar surface area (TPSA) is 47.4 Å². The largest absolute Gasteiger partial charge is 0.497 e. The zero-order valence-electron chi connectivity index (χ0n) is 19.8. The average Bonchev–Trinajstić information content (AvgIpc) is 3.38. The quantitative estimate of drug-likeness (QED) is 0.191. The second kappa shape index (κ2) is 11.0. The summed E-state index contributed by atoms with van der Waals surface area (Å²) in [5, 5.41) is 4.91. The molecule has 1 aromatic heterocycles. The lowest BCUT2D eigenvalue weighted by Gasteiger charge is -2.13. The van der Waals surface area contributed by atoms with Crippen LogP contribution >= 0.6 is 24.0 Å².